The van der Waals surface area contributed by atoms with Gasteiger partial charge in [-0.3, -0.25) is 0 Å². The van der Waals surface area contributed by atoms with Crippen LogP contribution in [0.5, 0.6) is 0 Å². The summed E-state index contributed by atoms with van der Waals surface area (Å²) in [5.74, 6) is -0.0301. The van der Waals surface area contributed by atoms with Crippen LogP contribution in [0.3, 0.4) is 0 Å². The summed E-state index contributed by atoms with van der Waals surface area (Å²) in [6, 6.07) is 6.70. The van der Waals surface area contributed by atoms with Crippen LogP contribution in [0.15, 0.2) is 28.7 Å². The molecule has 1 N–H and O–H groups in total. The van der Waals surface area contributed by atoms with Gasteiger partial charge in [0.2, 0.25) is 5.89 Å². The van der Waals surface area contributed by atoms with Crippen LogP contribution in [0.25, 0.3) is 22.4 Å². The molecule has 6 heteroatoms. The number of para-hydroxylation sites is 1. The van der Waals surface area contributed by atoms with Gasteiger partial charge >= 0.3 is 0 Å². The number of aromatic nitrogens is 3. The Labute approximate surface area is 126 Å². The van der Waals surface area contributed by atoms with Crippen LogP contribution in [0.4, 0.5) is 4.39 Å². The molecule has 3 rings (SSSR count). The molecule has 0 atom stereocenters. The zero-order chi connectivity index (χ0) is 15.2. The number of benzene rings is 1. The van der Waals surface area contributed by atoms with Crippen molar-refractivity contribution in [1.82, 2.24) is 15.2 Å². The van der Waals surface area contributed by atoms with E-state index in [4.69, 9.17) is 16.6 Å². The minimum absolute atomic E-state index is 0.184. The number of nitrogens with one attached hydrogen (secondary N) is 1. The number of hydrogen-bond donors (Lipinski definition) is 1. The Hall–Kier alpha value is -2.08. The molecule has 108 valence electrons. The van der Waals surface area contributed by atoms with E-state index in [1.165, 1.54) is 6.07 Å². The largest absolute Gasteiger partial charge is 0.409 e. The van der Waals surface area contributed by atoms with Gasteiger partial charge in [0.1, 0.15) is 11.3 Å². The van der Waals surface area contributed by atoms with Crippen molar-refractivity contribution in [2.75, 3.05) is 0 Å². The summed E-state index contributed by atoms with van der Waals surface area (Å²) in [5.41, 5.74) is 1.53. The fourth-order valence-electron chi connectivity index (χ4n) is 2.12. The minimum Gasteiger partial charge on any atom is -0.409 e. The molecule has 0 bridgehead atoms. The molecular formula is C15H14FN3OS. The lowest BCUT2D eigenvalue weighted by molar-refractivity contribution is 0.550. The predicted octanol–water partition coefficient (Wildman–Crippen LogP) is 4.38. The quantitative estimate of drug-likeness (QED) is 0.678. The van der Waals surface area contributed by atoms with Crippen molar-refractivity contribution >= 4 is 23.1 Å². The number of halogens is 1. The predicted molar refractivity (Wildman–Crippen MR) is 81.1 cm³/mol. The fraction of sp³-hybridized carbons (Fsp3) is 0.267. The van der Waals surface area contributed by atoms with Gasteiger partial charge in [0.15, 0.2) is 0 Å². The standard InChI is InChI=1S/C15H14FN3OS/c1-15(2,3)11-7-9(13-18-19-14(21)20-13)8-5-4-6-10(16)12(8)17-11/h4-7H,1-3H3,(H,19,21). The van der Waals surface area contributed by atoms with Gasteiger partial charge in [-0.1, -0.05) is 32.9 Å². The van der Waals surface area contributed by atoms with Gasteiger partial charge in [-0.05, 0) is 24.4 Å². The molecule has 3 aromatic rings. The summed E-state index contributed by atoms with van der Waals surface area (Å²) in [7, 11) is 0. The molecule has 0 amide bonds. The van der Waals surface area contributed by atoms with Crippen LogP contribution in [-0.2, 0) is 5.41 Å². The number of H-pyrrole nitrogens is 1. The summed E-state index contributed by atoms with van der Waals surface area (Å²) in [6.45, 7) is 6.06. The molecule has 4 nitrogen and oxygen atoms in total. The van der Waals surface area contributed by atoms with Crippen molar-refractivity contribution in [3.8, 4) is 11.5 Å². The van der Waals surface area contributed by atoms with E-state index in [9.17, 15) is 4.39 Å². The molecule has 0 saturated carbocycles. The SMILES string of the molecule is CC(C)(C)c1cc(-c2n[nH]c(=S)o2)c2cccc(F)c2n1. The van der Waals surface area contributed by atoms with E-state index in [0.29, 0.717) is 22.4 Å². The van der Waals surface area contributed by atoms with Crippen molar-refractivity contribution in [3.05, 3.63) is 40.6 Å². The first-order valence-corrected chi connectivity index (χ1v) is 6.93. The van der Waals surface area contributed by atoms with Crippen molar-refractivity contribution in [2.45, 2.75) is 26.2 Å². The molecule has 21 heavy (non-hydrogen) atoms. The van der Waals surface area contributed by atoms with Crippen LogP contribution in [0, 0.1) is 10.7 Å². The summed E-state index contributed by atoms with van der Waals surface area (Å²) in [5, 5.41) is 7.28. The van der Waals surface area contributed by atoms with E-state index in [-0.39, 0.29) is 16.1 Å². The summed E-state index contributed by atoms with van der Waals surface area (Å²) in [4.78, 5) is 4.64. The van der Waals surface area contributed by atoms with E-state index < -0.39 is 0 Å². The summed E-state index contributed by atoms with van der Waals surface area (Å²) in [6.07, 6.45) is 0. The highest BCUT2D eigenvalue weighted by Crippen LogP contribution is 2.32. The van der Waals surface area contributed by atoms with E-state index in [1.54, 1.807) is 12.1 Å². The second kappa shape index (κ2) is 4.73. The van der Waals surface area contributed by atoms with Crippen LogP contribution in [0.1, 0.15) is 26.5 Å². The van der Waals surface area contributed by atoms with Gasteiger partial charge in [-0.2, -0.15) is 0 Å². The van der Waals surface area contributed by atoms with Crippen molar-refractivity contribution in [2.24, 2.45) is 0 Å². The number of nitrogens with zero attached hydrogens (tertiary/aromatic N) is 2. The number of pyridine rings is 1. The fourth-order valence-corrected chi connectivity index (χ4v) is 2.24. The lowest BCUT2D eigenvalue weighted by Crippen LogP contribution is -2.14. The van der Waals surface area contributed by atoms with Gasteiger partial charge < -0.3 is 4.42 Å². The molecule has 2 aromatic heterocycles. The minimum atomic E-state index is -0.367. The zero-order valence-electron chi connectivity index (χ0n) is 11.9. The summed E-state index contributed by atoms with van der Waals surface area (Å²) < 4.78 is 19.5. The van der Waals surface area contributed by atoms with Crippen molar-refractivity contribution < 1.29 is 8.81 Å². The third kappa shape index (κ3) is 2.47. The first-order valence-electron chi connectivity index (χ1n) is 6.52. The number of hydrogen-bond acceptors (Lipinski definition) is 4. The number of fused-ring (bicyclic) bond motifs is 1. The Morgan fingerprint density at radius 3 is 2.67 bits per heavy atom. The second-order valence-electron chi connectivity index (χ2n) is 5.86. The first kappa shape index (κ1) is 13.9. The van der Waals surface area contributed by atoms with E-state index in [2.05, 4.69) is 15.2 Å². The maximum absolute atomic E-state index is 14.1. The molecule has 0 aliphatic carbocycles. The third-order valence-electron chi connectivity index (χ3n) is 3.23. The molecule has 0 fully saturated rings. The summed E-state index contributed by atoms with van der Waals surface area (Å²) >= 11 is 4.91. The lowest BCUT2D eigenvalue weighted by atomic mass is 9.90. The smallest absolute Gasteiger partial charge is 0.284 e. The normalized spacial score (nSPS) is 12.0. The molecule has 1 aromatic carbocycles. The van der Waals surface area contributed by atoms with Crippen molar-refractivity contribution in [3.63, 3.8) is 0 Å². The molecule has 0 saturated heterocycles. The molecule has 0 radical (unpaired) electrons. The van der Waals surface area contributed by atoms with Crippen molar-refractivity contribution in [1.29, 1.82) is 0 Å². The highest BCUT2D eigenvalue weighted by Gasteiger charge is 2.21. The maximum atomic E-state index is 14.1. The molecule has 0 aliphatic rings. The molecule has 0 unspecified atom stereocenters. The Kier molecular flexibility index (Phi) is 3.13. The molecule has 2 heterocycles. The first-order chi connectivity index (χ1) is 9.86. The van der Waals surface area contributed by atoms with Gasteiger partial charge in [0.05, 0.1) is 5.56 Å². The van der Waals surface area contributed by atoms with E-state index in [0.717, 1.165) is 5.69 Å². The number of aromatic amines is 1. The Morgan fingerprint density at radius 1 is 1.29 bits per heavy atom. The van der Waals surface area contributed by atoms with E-state index in [1.807, 2.05) is 26.8 Å². The Balaban J connectivity index is 2.41. The second-order valence-corrected chi connectivity index (χ2v) is 6.23. The van der Waals surface area contributed by atoms with Gasteiger partial charge in [-0.15, -0.1) is 5.10 Å². The van der Waals surface area contributed by atoms with Crippen LogP contribution in [0.2, 0.25) is 0 Å². The van der Waals surface area contributed by atoms with E-state index >= 15 is 0 Å². The van der Waals surface area contributed by atoms with Crippen LogP contribution >= 0.6 is 12.2 Å². The average Bonchev–Trinajstić information content (AvgIpc) is 2.83. The Bertz CT molecular complexity index is 876. The third-order valence-corrected chi connectivity index (χ3v) is 3.40. The molecule has 0 spiro atoms. The number of rotatable bonds is 1. The lowest BCUT2D eigenvalue weighted by Gasteiger charge is -2.19. The molecule has 0 aliphatic heterocycles. The monoisotopic (exact) mass is 303 g/mol. The highest BCUT2D eigenvalue weighted by atomic mass is 32.1. The maximum Gasteiger partial charge on any atom is 0.284 e. The van der Waals surface area contributed by atoms with Crippen LogP contribution < -0.4 is 0 Å². The van der Waals surface area contributed by atoms with Crippen LogP contribution in [-0.4, -0.2) is 15.2 Å². The van der Waals surface area contributed by atoms with Gasteiger partial charge in [0, 0.05) is 16.5 Å². The van der Waals surface area contributed by atoms with Gasteiger partial charge in [0.25, 0.3) is 4.84 Å². The van der Waals surface area contributed by atoms with Gasteiger partial charge in [-0.25, -0.2) is 14.5 Å². The average molecular weight is 303 g/mol. The topological polar surface area (TPSA) is 54.7 Å². The Morgan fingerprint density at radius 2 is 2.05 bits per heavy atom. The highest BCUT2D eigenvalue weighted by molar-refractivity contribution is 7.71. The zero-order valence-corrected chi connectivity index (χ0v) is 12.7. The molecular weight excluding hydrogens is 289 g/mol.